The molecule has 5 nitrogen and oxygen atoms in total. The Bertz CT molecular complexity index is 731. The van der Waals surface area contributed by atoms with E-state index in [-0.39, 0.29) is 30.3 Å². The molecule has 0 heterocycles. The van der Waals surface area contributed by atoms with Gasteiger partial charge in [0, 0.05) is 37.7 Å². The van der Waals surface area contributed by atoms with E-state index in [0.717, 1.165) is 6.54 Å². The van der Waals surface area contributed by atoms with Crippen LogP contribution >= 0.6 is 0 Å². The number of hydrogen-bond donors (Lipinski definition) is 1. The minimum atomic E-state index is -4.84. The molecular weight excluding hydrogens is 397 g/mol. The molecule has 1 aromatic rings. The third-order valence-electron chi connectivity index (χ3n) is 5.92. The molecular formula is C22H33F3N2O3. The number of methoxy groups -OCH3 is 1. The van der Waals surface area contributed by atoms with E-state index in [4.69, 9.17) is 9.47 Å². The molecule has 0 spiro atoms. The third kappa shape index (κ3) is 5.09. The van der Waals surface area contributed by atoms with Gasteiger partial charge in [-0.15, -0.1) is 0 Å². The van der Waals surface area contributed by atoms with Crippen molar-refractivity contribution >= 4 is 12.0 Å². The molecule has 30 heavy (non-hydrogen) atoms. The lowest BCUT2D eigenvalue weighted by atomic mass is 9.71. The van der Waals surface area contributed by atoms with Gasteiger partial charge in [0.2, 0.25) is 0 Å². The Morgan fingerprint density at radius 2 is 1.83 bits per heavy atom. The van der Waals surface area contributed by atoms with E-state index >= 15 is 0 Å². The molecule has 0 saturated heterocycles. The zero-order valence-electron chi connectivity index (χ0n) is 18.4. The van der Waals surface area contributed by atoms with Crippen molar-refractivity contribution in [2.75, 3.05) is 27.3 Å². The summed E-state index contributed by atoms with van der Waals surface area (Å²) in [5.74, 6) is -0.984. The van der Waals surface area contributed by atoms with Crippen LogP contribution in [0.3, 0.4) is 0 Å². The van der Waals surface area contributed by atoms with E-state index < -0.39 is 17.7 Å². The number of hydrogen-bond acceptors (Lipinski definition) is 4. The molecule has 0 aromatic heterocycles. The maximum atomic E-state index is 14.3. The zero-order chi connectivity index (χ0) is 22.5. The number of benzene rings is 1. The van der Waals surface area contributed by atoms with Crippen LogP contribution in [0.4, 0.5) is 18.9 Å². The average molecular weight is 431 g/mol. The van der Waals surface area contributed by atoms with Crippen molar-refractivity contribution in [2.24, 2.45) is 10.9 Å². The van der Waals surface area contributed by atoms with Crippen LogP contribution in [-0.2, 0) is 10.3 Å². The predicted octanol–water partition coefficient (Wildman–Crippen LogP) is 4.96. The summed E-state index contributed by atoms with van der Waals surface area (Å²) in [6.45, 7) is 6.79. The van der Waals surface area contributed by atoms with Crippen molar-refractivity contribution < 1.29 is 27.8 Å². The summed E-state index contributed by atoms with van der Waals surface area (Å²) in [5, 5.41) is 11.2. The van der Waals surface area contributed by atoms with Crippen molar-refractivity contribution in [1.29, 1.82) is 0 Å². The number of aliphatic hydroxyl groups is 1. The molecule has 2 rings (SSSR count). The minimum Gasteiger partial charge on any atom is -0.496 e. The van der Waals surface area contributed by atoms with E-state index in [9.17, 15) is 18.3 Å². The third-order valence-corrected chi connectivity index (χ3v) is 5.92. The molecule has 0 aliphatic heterocycles. The first kappa shape index (κ1) is 24.5. The van der Waals surface area contributed by atoms with Gasteiger partial charge in [-0.2, -0.15) is 13.2 Å². The van der Waals surface area contributed by atoms with Crippen molar-refractivity contribution in [3.8, 4) is 5.75 Å². The first-order valence-corrected chi connectivity index (χ1v) is 10.4. The molecule has 1 unspecified atom stereocenters. The van der Waals surface area contributed by atoms with Gasteiger partial charge in [0.1, 0.15) is 5.75 Å². The summed E-state index contributed by atoms with van der Waals surface area (Å²) in [5.41, 5.74) is -2.21. The number of halogens is 3. The molecule has 1 aliphatic carbocycles. The first-order valence-electron chi connectivity index (χ1n) is 10.4. The Labute approximate surface area is 176 Å². The Morgan fingerprint density at radius 1 is 1.20 bits per heavy atom. The second-order valence-electron chi connectivity index (χ2n) is 7.85. The van der Waals surface area contributed by atoms with Crippen molar-refractivity contribution in [3.63, 3.8) is 0 Å². The number of ether oxygens (including phenoxy) is 2. The molecule has 8 heteroatoms. The van der Waals surface area contributed by atoms with E-state index in [1.165, 1.54) is 19.2 Å². The summed E-state index contributed by atoms with van der Waals surface area (Å²) in [4.78, 5) is 6.20. The van der Waals surface area contributed by atoms with E-state index in [1.807, 2.05) is 25.8 Å². The highest BCUT2D eigenvalue weighted by Gasteiger charge is 2.61. The molecule has 1 aliphatic rings. The maximum absolute atomic E-state index is 14.3. The molecule has 0 radical (unpaired) electrons. The van der Waals surface area contributed by atoms with Gasteiger partial charge in [0.05, 0.1) is 25.2 Å². The lowest BCUT2D eigenvalue weighted by molar-refractivity contribution is -0.292. The Balaban J connectivity index is 2.47. The molecule has 1 N–H and O–H groups in total. The van der Waals surface area contributed by atoms with Gasteiger partial charge in [-0.1, -0.05) is 0 Å². The quantitative estimate of drug-likeness (QED) is 0.468. The van der Waals surface area contributed by atoms with E-state index in [0.29, 0.717) is 30.7 Å². The van der Waals surface area contributed by atoms with Crippen LogP contribution < -0.4 is 4.74 Å². The van der Waals surface area contributed by atoms with Gasteiger partial charge in [0.15, 0.2) is 5.60 Å². The smallest absolute Gasteiger partial charge is 0.421 e. The summed E-state index contributed by atoms with van der Waals surface area (Å²) in [7, 11) is 3.16. The molecule has 0 amide bonds. The topological polar surface area (TPSA) is 54.3 Å². The van der Waals surface area contributed by atoms with Gasteiger partial charge in [-0.05, 0) is 58.1 Å². The van der Waals surface area contributed by atoms with Crippen LogP contribution in [0.5, 0.6) is 5.75 Å². The highest BCUT2D eigenvalue weighted by Crippen LogP contribution is 2.52. The normalized spacial score (nSPS) is 22.2. The summed E-state index contributed by atoms with van der Waals surface area (Å²) in [6.07, 6.45) is -1.85. The van der Waals surface area contributed by atoms with E-state index in [2.05, 4.69) is 4.99 Å². The van der Waals surface area contributed by atoms with Gasteiger partial charge < -0.3 is 19.5 Å². The van der Waals surface area contributed by atoms with Gasteiger partial charge in [-0.25, -0.2) is 4.99 Å². The van der Waals surface area contributed by atoms with Crippen molar-refractivity contribution in [1.82, 2.24) is 4.90 Å². The van der Waals surface area contributed by atoms with Crippen molar-refractivity contribution in [2.45, 2.75) is 64.3 Å². The lowest BCUT2D eigenvalue weighted by Crippen LogP contribution is -2.50. The standard InChI is InChI=1S/C22H33F3N2O3/c1-6-27(4)14-26-19-13-20(29-5)18(12-15(19)3)21(28,22(23,24)25)16-8-10-17(11-9-16)30-7-2/h12-14,16-17,28H,6-11H2,1-5H3/b26-14+. The highest BCUT2D eigenvalue weighted by atomic mass is 19.4. The predicted molar refractivity (Wildman–Crippen MR) is 112 cm³/mol. The second-order valence-corrected chi connectivity index (χ2v) is 7.85. The van der Waals surface area contributed by atoms with Crippen LogP contribution in [0.15, 0.2) is 17.1 Å². The molecule has 0 bridgehead atoms. The second kappa shape index (κ2) is 10.0. The Kier molecular flexibility index (Phi) is 8.16. The average Bonchev–Trinajstić information content (AvgIpc) is 2.71. The number of aliphatic imine (C=N–C) groups is 1. The monoisotopic (exact) mass is 430 g/mol. The summed E-state index contributed by atoms with van der Waals surface area (Å²) < 4.78 is 53.7. The van der Waals surface area contributed by atoms with Crippen LogP contribution in [0.25, 0.3) is 0 Å². The van der Waals surface area contributed by atoms with Crippen LogP contribution in [-0.4, -0.2) is 55.9 Å². The number of rotatable bonds is 8. The first-order chi connectivity index (χ1) is 14.1. The molecule has 1 fully saturated rings. The fourth-order valence-corrected chi connectivity index (χ4v) is 4.01. The van der Waals surface area contributed by atoms with Gasteiger partial charge in [0.25, 0.3) is 0 Å². The summed E-state index contributed by atoms with van der Waals surface area (Å²) in [6, 6.07) is 2.83. The number of alkyl halides is 3. The molecule has 1 atom stereocenters. The minimum absolute atomic E-state index is 0.0151. The SMILES string of the molecule is CCOC1CCC(C(O)(c2cc(C)c(/N=C/N(C)CC)cc2OC)C(F)(F)F)CC1. The molecule has 1 saturated carbocycles. The zero-order valence-corrected chi connectivity index (χ0v) is 18.4. The summed E-state index contributed by atoms with van der Waals surface area (Å²) >= 11 is 0. The fourth-order valence-electron chi connectivity index (χ4n) is 4.01. The fraction of sp³-hybridized carbons (Fsp3) is 0.682. The van der Waals surface area contributed by atoms with Crippen LogP contribution in [0, 0.1) is 12.8 Å². The Hall–Kier alpha value is -1.80. The molecule has 1 aromatic carbocycles. The van der Waals surface area contributed by atoms with Gasteiger partial charge >= 0.3 is 6.18 Å². The van der Waals surface area contributed by atoms with Gasteiger partial charge in [-0.3, -0.25) is 0 Å². The number of aryl methyl sites for hydroxylation is 1. The van der Waals surface area contributed by atoms with Crippen LogP contribution in [0.1, 0.15) is 50.7 Å². The lowest BCUT2D eigenvalue weighted by Gasteiger charge is -2.42. The van der Waals surface area contributed by atoms with Crippen LogP contribution in [0.2, 0.25) is 0 Å². The number of nitrogens with zero attached hydrogens (tertiary/aromatic N) is 2. The van der Waals surface area contributed by atoms with Crippen molar-refractivity contribution in [3.05, 3.63) is 23.3 Å². The largest absolute Gasteiger partial charge is 0.496 e. The highest BCUT2D eigenvalue weighted by molar-refractivity contribution is 5.65. The Morgan fingerprint density at radius 3 is 2.33 bits per heavy atom. The maximum Gasteiger partial charge on any atom is 0.421 e. The van der Waals surface area contributed by atoms with E-state index in [1.54, 1.807) is 13.3 Å². The molecule has 170 valence electrons.